The lowest BCUT2D eigenvalue weighted by Gasteiger charge is -2.14. The number of Topliss-reactive ketones (excluding diaryl/α,β-unsaturated/α-hetero) is 1. The molecule has 0 aromatic heterocycles. The third kappa shape index (κ3) is 2.71. The molecule has 4 heteroatoms. The summed E-state index contributed by atoms with van der Waals surface area (Å²) >= 11 is 11.4. The zero-order valence-corrected chi connectivity index (χ0v) is 9.09. The smallest absolute Gasteiger partial charge is 0.150 e. The first kappa shape index (κ1) is 11.5. The van der Waals surface area contributed by atoms with Crippen LogP contribution in [0, 0.1) is 0 Å². The van der Waals surface area contributed by atoms with E-state index in [2.05, 4.69) is 0 Å². The molecule has 0 spiro atoms. The molecule has 0 heterocycles. The molecule has 14 heavy (non-hydrogen) atoms. The van der Waals surface area contributed by atoms with E-state index in [4.69, 9.17) is 23.2 Å². The standard InChI is InChI=1S/C10H10Cl2O2/c1-6(13)9(12)10(14)7-2-4-8(11)5-3-7/h2-5,9-10,14H,1H3/t9-,10+/m1/s1. The zero-order valence-electron chi connectivity index (χ0n) is 7.58. The van der Waals surface area contributed by atoms with Gasteiger partial charge in [0.2, 0.25) is 0 Å². The van der Waals surface area contributed by atoms with Crippen molar-refractivity contribution in [3.8, 4) is 0 Å². The first-order valence-electron chi connectivity index (χ1n) is 4.10. The Balaban J connectivity index is 2.84. The van der Waals surface area contributed by atoms with Gasteiger partial charge >= 0.3 is 0 Å². The van der Waals surface area contributed by atoms with Gasteiger partial charge in [-0.15, -0.1) is 11.6 Å². The molecule has 1 aromatic carbocycles. The lowest BCUT2D eigenvalue weighted by Crippen LogP contribution is -2.20. The van der Waals surface area contributed by atoms with E-state index in [0.717, 1.165) is 0 Å². The van der Waals surface area contributed by atoms with Crippen molar-refractivity contribution in [3.63, 3.8) is 0 Å². The number of ketones is 1. The Morgan fingerprint density at radius 3 is 2.29 bits per heavy atom. The molecule has 2 atom stereocenters. The Bertz CT molecular complexity index is 321. The van der Waals surface area contributed by atoms with Crippen LogP contribution in [0.2, 0.25) is 5.02 Å². The van der Waals surface area contributed by atoms with Crippen LogP contribution in [0.3, 0.4) is 0 Å². The molecule has 0 amide bonds. The van der Waals surface area contributed by atoms with E-state index in [0.29, 0.717) is 10.6 Å². The van der Waals surface area contributed by atoms with E-state index in [9.17, 15) is 9.90 Å². The number of carbonyl (C=O) groups is 1. The molecule has 1 rings (SSSR count). The van der Waals surface area contributed by atoms with Gasteiger partial charge in [-0.25, -0.2) is 0 Å². The van der Waals surface area contributed by atoms with Gasteiger partial charge < -0.3 is 5.11 Å². The summed E-state index contributed by atoms with van der Waals surface area (Å²) in [4.78, 5) is 10.9. The molecule has 1 N–H and O–H groups in total. The highest BCUT2D eigenvalue weighted by atomic mass is 35.5. The second-order valence-corrected chi connectivity index (χ2v) is 3.92. The van der Waals surface area contributed by atoms with E-state index in [1.807, 2.05) is 0 Å². The van der Waals surface area contributed by atoms with Crippen LogP contribution < -0.4 is 0 Å². The predicted molar refractivity (Wildman–Crippen MR) is 56.7 cm³/mol. The van der Waals surface area contributed by atoms with Gasteiger partial charge in [0.1, 0.15) is 11.5 Å². The highest BCUT2D eigenvalue weighted by Gasteiger charge is 2.22. The molecular weight excluding hydrogens is 223 g/mol. The van der Waals surface area contributed by atoms with Crippen molar-refractivity contribution in [2.45, 2.75) is 18.4 Å². The molecule has 0 aliphatic carbocycles. The number of aliphatic hydroxyl groups is 1. The summed E-state index contributed by atoms with van der Waals surface area (Å²) in [5.74, 6) is -0.255. The Hall–Kier alpha value is -0.570. The zero-order chi connectivity index (χ0) is 10.7. The normalized spacial score (nSPS) is 14.9. The number of alkyl halides is 1. The topological polar surface area (TPSA) is 37.3 Å². The second kappa shape index (κ2) is 4.78. The second-order valence-electron chi connectivity index (χ2n) is 3.01. The monoisotopic (exact) mass is 232 g/mol. The third-order valence-electron chi connectivity index (χ3n) is 1.88. The van der Waals surface area contributed by atoms with Crippen LogP contribution in [0.15, 0.2) is 24.3 Å². The Morgan fingerprint density at radius 2 is 1.86 bits per heavy atom. The fourth-order valence-corrected chi connectivity index (χ4v) is 1.32. The summed E-state index contributed by atoms with van der Waals surface area (Å²) in [5, 5.41) is 9.33. The van der Waals surface area contributed by atoms with Crippen molar-refractivity contribution in [2.24, 2.45) is 0 Å². The predicted octanol–water partition coefficient (Wildman–Crippen LogP) is 2.57. The van der Waals surface area contributed by atoms with Crippen molar-refractivity contribution in [3.05, 3.63) is 34.9 Å². The van der Waals surface area contributed by atoms with Gasteiger partial charge in [-0.2, -0.15) is 0 Å². The number of hydrogen-bond donors (Lipinski definition) is 1. The summed E-state index contributed by atoms with van der Waals surface area (Å²) in [6.07, 6.45) is -0.980. The number of aliphatic hydroxyl groups excluding tert-OH is 1. The van der Waals surface area contributed by atoms with Crippen molar-refractivity contribution in [2.75, 3.05) is 0 Å². The summed E-state index contributed by atoms with van der Waals surface area (Å²) in [7, 11) is 0. The van der Waals surface area contributed by atoms with Crippen LogP contribution in [-0.4, -0.2) is 16.3 Å². The molecular formula is C10H10Cl2O2. The van der Waals surface area contributed by atoms with Gasteiger partial charge in [-0.05, 0) is 24.6 Å². The van der Waals surface area contributed by atoms with Crippen LogP contribution in [0.25, 0.3) is 0 Å². The van der Waals surface area contributed by atoms with Crippen molar-refractivity contribution < 1.29 is 9.90 Å². The van der Waals surface area contributed by atoms with Gasteiger partial charge in [0, 0.05) is 5.02 Å². The quantitative estimate of drug-likeness (QED) is 0.814. The molecule has 0 radical (unpaired) electrons. The lowest BCUT2D eigenvalue weighted by molar-refractivity contribution is -0.118. The maximum absolute atomic E-state index is 10.9. The van der Waals surface area contributed by atoms with Gasteiger partial charge in [-0.3, -0.25) is 4.79 Å². The van der Waals surface area contributed by atoms with Gasteiger partial charge in [-0.1, -0.05) is 23.7 Å². The summed E-state index contributed by atoms with van der Waals surface area (Å²) in [5.41, 5.74) is 0.588. The minimum atomic E-state index is -0.980. The number of rotatable bonds is 3. The Labute approximate surface area is 92.5 Å². The fraction of sp³-hybridized carbons (Fsp3) is 0.300. The minimum Gasteiger partial charge on any atom is -0.386 e. The van der Waals surface area contributed by atoms with E-state index >= 15 is 0 Å². The van der Waals surface area contributed by atoms with E-state index in [1.54, 1.807) is 24.3 Å². The Morgan fingerprint density at radius 1 is 1.36 bits per heavy atom. The summed E-state index contributed by atoms with van der Waals surface area (Å²) in [6, 6.07) is 6.57. The molecule has 0 aliphatic heterocycles. The molecule has 0 unspecified atom stereocenters. The first-order valence-corrected chi connectivity index (χ1v) is 4.92. The summed E-state index contributed by atoms with van der Waals surface area (Å²) < 4.78 is 0. The van der Waals surface area contributed by atoms with Crippen LogP contribution in [0.4, 0.5) is 0 Å². The fourth-order valence-electron chi connectivity index (χ4n) is 1.05. The maximum atomic E-state index is 10.9. The first-order chi connectivity index (χ1) is 6.52. The third-order valence-corrected chi connectivity index (χ3v) is 2.68. The molecule has 0 saturated carbocycles. The SMILES string of the molecule is CC(=O)[C@@H](Cl)[C@@H](O)c1ccc(Cl)cc1. The van der Waals surface area contributed by atoms with Crippen molar-refractivity contribution in [1.29, 1.82) is 0 Å². The number of carbonyl (C=O) groups excluding carboxylic acids is 1. The number of halogens is 2. The van der Waals surface area contributed by atoms with Crippen LogP contribution in [-0.2, 0) is 4.79 Å². The molecule has 76 valence electrons. The van der Waals surface area contributed by atoms with E-state index in [1.165, 1.54) is 6.92 Å². The van der Waals surface area contributed by atoms with Gasteiger partial charge in [0.05, 0.1) is 0 Å². The number of benzene rings is 1. The molecule has 1 aromatic rings. The van der Waals surface area contributed by atoms with Gasteiger partial charge in [0.25, 0.3) is 0 Å². The average Bonchev–Trinajstić information content (AvgIpc) is 2.16. The summed E-state index contributed by atoms with van der Waals surface area (Å²) in [6.45, 7) is 1.34. The average molecular weight is 233 g/mol. The van der Waals surface area contributed by atoms with Crippen LogP contribution >= 0.6 is 23.2 Å². The largest absolute Gasteiger partial charge is 0.386 e. The van der Waals surface area contributed by atoms with Crippen molar-refractivity contribution in [1.82, 2.24) is 0 Å². The molecule has 0 saturated heterocycles. The molecule has 2 nitrogen and oxygen atoms in total. The molecule has 0 aliphatic rings. The van der Waals surface area contributed by atoms with E-state index in [-0.39, 0.29) is 5.78 Å². The van der Waals surface area contributed by atoms with E-state index < -0.39 is 11.5 Å². The van der Waals surface area contributed by atoms with Crippen molar-refractivity contribution >= 4 is 29.0 Å². The number of hydrogen-bond acceptors (Lipinski definition) is 2. The van der Waals surface area contributed by atoms with Gasteiger partial charge in [0.15, 0.2) is 5.78 Å². The molecule has 0 fully saturated rings. The Kier molecular flexibility index (Phi) is 3.93. The highest BCUT2D eigenvalue weighted by Crippen LogP contribution is 2.23. The maximum Gasteiger partial charge on any atom is 0.150 e. The molecule has 0 bridgehead atoms. The highest BCUT2D eigenvalue weighted by molar-refractivity contribution is 6.31. The van der Waals surface area contributed by atoms with Crippen LogP contribution in [0.1, 0.15) is 18.6 Å². The lowest BCUT2D eigenvalue weighted by atomic mass is 10.0. The van der Waals surface area contributed by atoms with Crippen LogP contribution in [0.5, 0.6) is 0 Å². The minimum absolute atomic E-state index is 0.255.